The largest absolute Gasteiger partial charge is 0.489 e. The van der Waals surface area contributed by atoms with E-state index in [4.69, 9.17) is 4.74 Å². The summed E-state index contributed by atoms with van der Waals surface area (Å²) in [6.07, 6.45) is -2.97. The second-order valence-electron chi connectivity index (χ2n) is 6.89. The number of hydrogen-bond acceptors (Lipinski definition) is 4. The molecule has 1 aromatic heterocycles. The molecule has 3 rings (SSSR count). The molecule has 30 heavy (non-hydrogen) atoms. The standard InChI is InChI=1S/C20H19F4N3O3/c1-11-8-13(9-17(26-11)27-19(29)12-2-3-12)18(28)25-6-7-30-16-5-4-14(10-15(16)21)20(22,23)24/h4-5,8-10,12H,2-3,6-7H2,1H3,(H,25,28)(H,26,27,29). The minimum absolute atomic E-state index is 0.00710. The van der Waals surface area contributed by atoms with E-state index >= 15 is 0 Å². The minimum Gasteiger partial charge on any atom is -0.489 e. The Kier molecular flexibility index (Phi) is 6.23. The van der Waals surface area contributed by atoms with Gasteiger partial charge in [-0.25, -0.2) is 9.37 Å². The fraction of sp³-hybridized carbons (Fsp3) is 0.350. The lowest BCUT2D eigenvalue weighted by Gasteiger charge is -2.12. The van der Waals surface area contributed by atoms with E-state index in [1.165, 1.54) is 6.07 Å². The number of carbonyl (C=O) groups is 2. The average molecular weight is 425 g/mol. The van der Waals surface area contributed by atoms with Gasteiger partial charge < -0.3 is 15.4 Å². The quantitative estimate of drug-likeness (QED) is 0.524. The molecule has 0 aliphatic heterocycles. The first-order valence-electron chi connectivity index (χ1n) is 9.21. The van der Waals surface area contributed by atoms with E-state index in [9.17, 15) is 27.2 Å². The highest BCUT2D eigenvalue weighted by molar-refractivity contribution is 5.97. The summed E-state index contributed by atoms with van der Waals surface area (Å²) in [6.45, 7) is 1.52. The molecular weight excluding hydrogens is 406 g/mol. The molecule has 10 heteroatoms. The van der Waals surface area contributed by atoms with Crippen LogP contribution in [0.3, 0.4) is 0 Å². The molecule has 0 radical (unpaired) electrons. The molecule has 0 saturated heterocycles. The summed E-state index contributed by atoms with van der Waals surface area (Å²) in [5, 5.41) is 5.23. The van der Waals surface area contributed by atoms with Crippen LogP contribution in [0.25, 0.3) is 0 Å². The van der Waals surface area contributed by atoms with Crippen LogP contribution in [0.4, 0.5) is 23.4 Å². The lowest BCUT2D eigenvalue weighted by molar-refractivity contribution is -0.137. The van der Waals surface area contributed by atoms with Crippen LogP contribution in [0.5, 0.6) is 5.75 Å². The number of nitrogens with zero attached hydrogens (tertiary/aromatic N) is 1. The molecule has 160 valence electrons. The van der Waals surface area contributed by atoms with Gasteiger partial charge in [-0.05, 0) is 50.1 Å². The maximum atomic E-state index is 13.7. The van der Waals surface area contributed by atoms with Crippen LogP contribution in [0.2, 0.25) is 0 Å². The van der Waals surface area contributed by atoms with Crippen molar-refractivity contribution < 1.29 is 31.9 Å². The highest BCUT2D eigenvalue weighted by atomic mass is 19.4. The zero-order valence-corrected chi connectivity index (χ0v) is 16.0. The average Bonchev–Trinajstić information content (AvgIpc) is 3.50. The third-order valence-electron chi connectivity index (χ3n) is 4.32. The Bertz CT molecular complexity index is 959. The van der Waals surface area contributed by atoms with E-state index in [-0.39, 0.29) is 42.1 Å². The van der Waals surface area contributed by atoms with Crippen molar-refractivity contribution in [2.45, 2.75) is 25.9 Å². The summed E-state index contributed by atoms with van der Waals surface area (Å²) in [5.74, 6) is -1.81. The SMILES string of the molecule is Cc1cc(C(=O)NCCOc2ccc(C(F)(F)F)cc2F)cc(NC(=O)C2CC2)n1. The molecule has 0 spiro atoms. The highest BCUT2D eigenvalue weighted by Gasteiger charge is 2.31. The zero-order chi connectivity index (χ0) is 21.9. The van der Waals surface area contributed by atoms with Gasteiger partial charge in [0.25, 0.3) is 5.91 Å². The topological polar surface area (TPSA) is 80.3 Å². The van der Waals surface area contributed by atoms with Crippen LogP contribution in [0, 0.1) is 18.7 Å². The number of amides is 2. The monoisotopic (exact) mass is 425 g/mol. The highest BCUT2D eigenvalue weighted by Crippen LogP contribution is 2.32. The van der Waals surface area contributed by atoms with Crippen molar-refractivity contribution in [3.63, 3.8) is 0 Å². The van der Waals surface area contributed by atoms with Crippen LogP contribution < -0.4 is 15.4 Å². The number of rotatable bonds is 7. The Morgan fingerprint density at radius 2 is 1.93 bits per heavy atom. The molecule has 0 unspecified atom stereocenters. The van der Waals surface area contributed by atoms with Gasteiger partial charge in [0.15, 0.2) is 11.6 Å². The van der Waals surface area contributed by atoms with Gasteiger partial charge in [0, 0.05) is 17.2 Å². The Hall–Kier alpha value is -3.17. The third kappa shape index (κ3) is 5.68. The third-order valence-corrected chi connectivity index (χ3v) is 4.32. The lowest BCUT2D eigenvalue weighted by Crippen LogP contribution is -2.28. The number of aromatic nitrogens is 1. The lowest BCUT2D eigenvalue weighted by atomic mass is 10.2. The van der Waals surface area contributed by atoms with Gasteiger partial charge in [0.05, 0.1) is 12.1 Å². The van der Waals surface area contributed by atoms with Crippen molar-refractivity contribution in [1.82, 2.24) is 10.3 Å². The summed E-state index contributed by atoms with van der Waals surface area (Å²) in [5.41, 5.74) is -0.301. The molecule has 6 nitrogen and oxygen atoms in total. The normalized spacial score (nSPS) is 13.6. The van der Waals surface area contributed by atoms with Crippen LogP contribution >= 0.6 is 0 Å². The Morgan fingerprint density at radius 3 is 2.57 bits per heavy atom. The molecule has 1 fully saturated rings. The minimum atomic E-state index is -4.65. The van der Waals surface area contributed by atoms with Crippen molar-refractivity contribution >= 4 is 17.6 Å². The first kappa shape index (κ1) is 21.5. The van der Waals surface area contributed by atoms with Gasteiger partial charge in [-0.15, -0.1) is 0 Å². The zero-order valence-electron chi connectivity index (χ0n) is 16.0. The Morgan fingerprint density at radius 1 is 1.20 bits per heavy atom. The maximum Gasteiger partial charge on any atom is 0.416 e. The van der Waals surface area contributed by atoms with Crippen molar-refractivity contribution in [2.24, 2.45) is 5.92 Å². The second-order valence-corrected chi connectivity index (χ2v) is 6.89. The molecule has 1 aliphatic carbocycles. The van der Waals surface area contributed by atoms with Crippen molar-refractivity contribution in [3.8, 4) is 5.75 Å². The second kappa shape index (κ2) is 8.68. The number of benzene rings is 1. The molecule has 2 amide bonds. The summed E-state index contributed by atoms with van der Waals surface area (Å²) >= 11 is 0. The molecule has 0 bridgehead atoms. The summed E-state index contributed by atoms with van der Waals surface area (Å²) < 4.78 is 56.5. The van der Waals surface area contributed by atoms with Crippen LogP contribution in [-0.4, -0.2) is 29.9 Å². The molecule has 0 atom stereocenters. The van der Waals surface area contributed by atoms with Gasteiger partial charge in [-0.1, -0.05) is 0 Å². The first-order valence-corrected chi connectivity index (χ1v) is 9.21. The van der Waals surface area contributed by atoms with Crippen LogP contribution in [0.15, 0.2) is 30.3 Å². The van der Waals surface area contributed by atoms with Gasteiger partial charge in [0.1, 0.15) is 12.4 Å². The summed E-state index contributed by atoms with van der Waals surface area (Å²) in [7, 11) is 0. The van der Waals surface area contributed by atoms with E-state index in [1.807, 2.05) is 0 Å². The van der Waals surface area contributed by atoms with Gasteiger partial charge in [-0.2, -0.15) is 13.2 Å². The number of anilines is 1. The van der Waals surface area contributed by atoms with Gasteiger partial charge in [0.2, 0.25) is 5.91 Å². The number of aryl methyl sites for hydroxylation is 1. The number of carbonyl (C=O) groups excluding carboxylic acids is 2. The van der Waals surface area contributed by atoms with Crippen molar-refractivity contribution in [1.29, 1.82) is 0 Å². The fourth-order valence-corrected chi connectivity index (χ4v) is 2.66. The van der Waals surface area contributed by atoms with E-state index in [2.05, 4.69) is 15.6 Å². The molecule has 2 aromatic rings. The number of alkyl halides is 3. The van der Waals surface area contributed by atoms with Crippen molar-refractivity contribution in [2.75, 3.05) is 18.5 Å². The number of halogens is 4. The summed E-state index contributed by atoms with van der Waals surface area (Å²) in [6, 6.07) is 4.94. The van der Waals surface area contributed by atoms with Gasteiger partial charge >= 0.3 is 6.18 Å². The van der Waals surface area contributed by atoms with Crippen LogP contribution in [-0.2, 0) is 11.0 Å². The fourth-order valence-electron chi connectivity index (χ4n) is 2.66. The molecular formula is C20H19F4N3O3. The summed E-state index contributed by atoms with van der Waals surface area (Å²) in [4.78, 5) is 28.3. The number of nitrogens with one attached hydrogen (secondary N) is 2. The van der Waals surface area contributed by atoms with E-state index in [0.717, 1.165) is 18.9 Å². The van der Waals surface area contributed by atoms with E-state index < -0.39 is 23.5 Å². The van der Waals surface area contributed by atoms with Crippen molar-refractivity contribution in [3.05, 3.63) is 53.0 Å². The maximum absolute atomic E-state index is 13.7. The predicted molar refractivity (Wildman–Crippen MR) is 99.6 cm³/mol. The molecule has 1 saturated carbocycles. The first-order chi connectivity index (χ1) is 14.1. The predicted octanol–water partition coefficient (Wildman–Crippen LogP) is 3.71. The molecule has 1 aliphatic rings. The Balaban J connectivity index is 1.52. The van der Waals surface area contributed by atoms with E-state index in [1.54, 1.807) is 13.0 Å². The Labute approximate surface area is 169 Å². The smallest absolute Gasteiger partial charge is 0.416 e. The number of pyridine rings is 1. The molecule has 2 N–H and O–H groups in total. The molecule has 1 heterocycles. The number of ether oxygens (including phenoxy) is 1. The van der Waals surface area contributed by atoms with E-state index in [0.29, 0.717) is 17.8 Å². The van der Waals surface area contributed by atoms with Crippen LogP contribution in [0.1, 0.15) is 34.5 Å². The molecule has 1 aromatic carbocycles. The van der Waals surface area contributed by atoms with Gasteiger partial charge in [-0.3, -0.25) is 9.59 Å². The number of hydrogen-bond donors (Lipinski definition) is 2.